The number of carbonyl (C=O) groups excluding carboxylic acids is 2. The number of nitrogens with one attached hydrogen (secondary N) is 5. The highest BCUT2D eigenvalue weighted by Crippen LogP contribution is 2.28. The third-order valence-corrected chi connectivity index (χ3v) is 13.6. The van der Waals surface area contributed by atoms with E-state index in [0.717, 1.165) is 44.4 Å². The van der Waals surface area contributed by atoms with Gasteiger partial charge in [-0.25, -0.2) is 42.7 Å². The number of halogens is 2. The van der Waals surface area contributed by atoms with Crippen LogP contribution in [0.2, 0.25) is 5.15 Å². The van der Waals surface area contributed by atoms with Gasteiger partial charge in [-0.3, -0.25) is 15.0 Å². The van der Waals surface area contributed by atoms with Gasteiger partial charge in [-0.2, -0.15) is 0 Å². The van der Waals surface area contributed by atoms with E-state index in [0.29, 0.717) is 45.8 Å². The topological polar surface area (TPSA) is 352 Å². The number of H-pyrrole nitrogens is 4. The van der Waals surface area contributed by atoms with Crippen molar-refractivity contribution >= 4 is 68.9 Å². The summed E-state index contributed by atoms with van der Waals surface area (Å²) in [5.74, 6) is 0.278. The number of hydrogen-bond acceptors (Lipinski definition) is 18. The largest absolute Gasteiger partial charge is 0.463 e. The number of hydrogen-bond donors (Lipinski definition) is 8. The number of ether oxygens (including phenoxy) is 7. The smallest absolute Gasteiger partial charge is 0.390 e. The molecule has 5 aromatic heterocycles. The molecule has 0 aliphatic carbocycles. The Balaban J connectivity index is 0.000000292. The lowest BCUT2D eigenvalue weighted by molar-refractivity contribution is -0.156. The van der Waals surface area contributed by atoms with E-state index in [-0.39, 0.29) is 46.5 Å². The highest BCUT2D eigenvalue weighted by Gasteiger charge is 2.37. The minimum absolute atomic E-state index is 0.104. The first kappa shape index (κ1) is 77.6. The van der Waals surface area contributed by atoms with E-state index in [9.17, 15) is 19.2 Å². The van der Waals surface area contributed by atoms with Crippen LogP contribution in [-0.4, -0.2) is 149 Å². The van der Waals surface area contributed by atoms with Gasteiger partial charge in [0.15, 0.2) is 24.7 Å². The summed E-state index contributed by atoms with van der Waals surface area (Å²) < 4.78 is 33.7. The molecule has 0 saturated heterocycles. The number of fused-ring (bicyclic) bond motifs is 2. The van der Waals surface area contributed by atoms with E-state index < -0.39 is 36.9 Å². The lowest BCUT2D eigenvalue weighted by Gasteiger charge is -2.21. The first-order valence-corrected chi connectivity index (χ1v) is 29.3. The summed E-state index contributed by atoms with van der Waals surface area (Å²) in [6.45, 7) is 24.1. The predicted molar refractivity (Wildman–Crippen MR) is 360 cm³/mol. The monoisotopic (exact) mass is 1320 g/mol. The third-order valence-electron chi connectivity index (χ3n) is 13.1. The number of aromatic amines is 4. The summed E-state index contributed by atoms with van der Waals surface area (Å²) in [5.41, 5.74) is 18.0. The fraction of sp³-hybridized carbons (Fsp3) is 0.318. The highest BCUT2D eigenvalue weighted by molar-refractivity contribution is 6.34. The minimum atomic E-state index is -0.884. The van der Waals surface area contributed by atoms with Crippen LogP contribution in [0.5, 0.6) is 0 Å². The number of methoxy groups -OCH3 is 6. The lowest BCUT2D eigenvalue weighted by Crippen LogP contribution is -2.36. The minimum Gasteiger partial charge on any atom is -0.463 e. The van der Waals surface area contributed by atoms with Gasteiger partial charge in [-0.1, -0.05) is 140 Å². The summed E-state index contributed by atoms with van der Waals surface area (Å²) in [5, 5.41) is 17.3. The van der Waals surface area contributed by atoms with Crippen molar-refractivity contribution in [3.05, 3.63) is 205 Å². The third kappa shape index (κ3) is 24.1. The number of nitrogens with two attached hydrogens (primary N) is 2. The number of aliphatic hydroxyl groups excluding tert-OH is 1. The zero-order valence-electron chi connectivity index (χ0n) is 53.7. The van der Waals surface area contributed by atoms with E-state index in [1.165, 1.54) is 42.7 Å². The molecule has 0 saturated carbocycles. The van der Waals surface area contributed by atoms with Crippen LogP contribution >= 0.6 is 23.2 Å². The average Bonchev–Trinajstić information content (AvgIpc) is 1.78. The molecule has 5 heterocycles. The zero-order chi connectivity index (χ0) is 69.2. The Morgan fingerprint density at radius 3 is 1.54 bits per heavy atom. The van der Waals surface area contributed by atoms with Crippen LogP contribution in [0.1, 0.15) is 55.9 Å². The predicted octanol–water partition coefficient (Wildman–Crippen LogP) is 10.3. The van der Waals surface area contributed by atoms with Crippen molar-refractivity contribution in [2.24, 2.45) is 11.7 Å². The number of amidine groups is 1. The van der Waals surface area contributed by atoms with Gasteiger partial charge in [0.2, 0.25) is 0 Å². The van der Waals surface area contributed by atoms with Crippen LogP contribution < -0.4 is 22.6 Å². The van der Waals surface area contributed by atoms with Crippen molar-refractivity contribution < 1.29 is 47.9 Å². The number of nitrogen functional groups attached to an aromatic ring is 2. The molecule has 0 aliphatic rings. The van der Waals surface area contributed by atoms with Crippen LogP contribution in [0, 0.1) is 38.3 Å². The standard InChI is InChI=1S/C15H19N3O3.C13H10ClN3.C13H11N3O.C9H15NO4.C7H8N2.C5H7NO2.C4H9ClO2/c1-9(15(20-2)21-3)11-12(16)17-13(18-14(11)19)10-7-5-4-6-8-10;1-8-7-15-13-10(8)11(14)16-12(17-13)9-5-3-2-4-6-9;1-8-7-14-12-10(8)13(17)16-11(15-12)9-5-3-2-4-6-9;1-6(9(13-4)14-5)7(10-2)8(11)12-3;8-7(9)6-4-2-1-3-5-6;1-3-8-5(7)4-6-2;1-3(5)4(6)7-2/h4-9,15H,1-3H3,(H3,16,17,18,19);2-7H,1H3,(H,15,16,17);2-7H,1H3,(H2,14,15,16,17);6-7,9H,1,3-5H3;1-5H,(H3,8,9);3-4H2,1H3;3-4,6H,1-2H3. The average molecular weight is 1320 g/mol. The Morgan fingerprint density at radius 2 is 1.13 bits per heavy atom. The Morgan fingerprint density at radius 1 is 0.667 bits per heavy atom. The van der Waals surface area contributed by atoms with Gasteiger partial charge in [-0.05, 0) is 45.7 Å². The van der Waals surface area contributed by atoms with Crippen LogP contribution in [0.25, 0.3) is 65.9 Å². The Kier molecular flexibility index (Phi) is 34.2. The number of aromatic nitrogens is 8. The molecule has 93 heavy (non-hydrogen) atoms. The molecular weight excluding hydrogens is 1240 g/mol. The molecule has 5 atom stereocenters. The molecule has 27 heteroatoms. The zero-order valence-corrected chi connectivity index (χ0v) is 55.2. The van der Waals surface area contributed by atoms with E-state index in [1.54, 1.807) is 27.0 Å². The molecule has 10 N–H and O–H groups in total. The maximum absolute atomic E-state index is 12.3. The van der Waals surface area contributed by atoms with Crippen molar-refractivity contribution in [3.8, 4) is 34.2 Å². The molecule has 0 aliphatic heterocycles. The maximum atomic E-state index is 12.3. The second-order valence-electron chi connectivity index (χ2n) is 19.6. The summed E-state index contributed by atoms with van der Waals surface area (Å²) in [6, 6.07) is 37.1. The number of aryl methyl sites for hydroxylation is 2. The molecular formula is C66H79Cl2N13O12. The van der Waals surface area contributed by atoms with Gasteiger partial charge < -0.3 is 79.4 Å². The fourth-order valence-electron chi connectivity index (χ4n) is 8.35. The lowest BCUT2D eigenvalue weighted by atomic mass is 10.0. The van der Waals surface area contributed by atoms with E-state index in [2.05, 4.69) is 63.8 Å². The summed E-state index contributed by atoms with van der Waals surface area (Å²) in [6.07, 6.45) is 1.72. The Labute approximate surface area is 549 Å². The number of aliphatic hydroxyl groups is 1. The molecule has 4 aromatic carbocycles. The van der Waals surface area contributed by atoms with E-state index >= 15 is 0 Å². The quantitative estimate of drug-likeness (QED) is 0.00799. The number of benzene rings is 4. The van der Waals surface area contributed by atoms with Gasteiger partial charge in [-0.15, -0.1) is 11.6 Å². The Hall–Kier alpha value is -9.67. The molecule has 9 rings (SSSR count). The molecule has 0 radical (unpaired) electrons. The number of carbonyl (C=O) groups is 2. The summed E-state index contributed by atoms with van der Waals surface area (Å²) in [4.78, 5) is 80.9. The molecule has 0 amide bonds. The first-order valence-electron chi connectivity index (χ1n) is 28.4. The van der Waals surface area contributed by atoms with Gasteiger partial charge >= 0.3 is 24.5 Å². The van der Waals surface area contributed by atoms with Crippen molar-refractivity contribution in [2.45, 2.75) is 77.7 Å². The number of rotatable bonds is 17. The van der Waals surface area contributed by atoms with E-state index in [1.807, 2.05) is 148 Å². The molecule has 25 nitrogen and oxygen atoms in total. The number of alkyl halides is 1. The highest BCUT2D eigenvalue weighted by atomic mass is 35.5. The molecule has 9 aromatic rings. The van der Waals surface area contributed by atoms with Crippen molar-refractivity contribution in [3.63, 3.8) is 0 Å². The van der Waals surface area contributed by atoms with Gasteiger partial charge in [0.05, 0.1) is 41.3 Å². The number of anilines is 1. The number of nitrogens with zero attached hydrogens (tertiary/aromatic N) is 6. The van der Waals surface area contributed by atoms with Crippen molar-refractivity contribution in [1.82, 2.24) is 39.9 Å². The van der Waals surface area contributed by atoms with Crippen LogP contribution in [0.4, 0.5) is 5.82 Å². The summed E-state index contributed by atoms with van der Waals surface area (Å²) in [7, 11) is 8.61. The molecule has 0 fully saturated rings. The van der Waals surface area contributed by atoms with Gasteiger partial charge in [0.1, 0.15) is 39.7 Å². The molecule has 0 bridgehead atoms. The van der Waals surface area contributed by atoms with E-state index in [4.69, 9.17) is 77.3 Å². The number of esters is 2. The van der Waals surface area contributed by atoms with Crippen LogP contribution in [-0.2, 0) is 42.7 Å². The second kappa shape index (κ2) is 40.9. The maximum Gasteiger partial charge on any atom is 0.390 e. The SMILES string of the molecule is COC(O)C(C)Cl.COC(OC)C(C)c1c(N)nc(-c2ccccc2)[nH]c1=O.Cc1c[nH]c2nc(-c3ccccc3)[nH]c(=O)c12.Cc1c[nH]c2nc(-c3ccccc3)nc(Cl)c12.N=C(N)c1ccccc1.[C-]#[N+]C(C(=O)OC)C(C)C(OC)OC.[C-]#[N+]CC(=O)OCC. The summed E-state index contributed by atoms with van der Waals surface area (Å²) >= 11 is 11.5. The second-order valence-corrected chi connectivity index (χ2v) is 20.6. The first-order chi connectivity index (χ1) is 44.5. The van der Waals surface area contributed by atoms with Crippen LogP contribution in [0.15, 0.2) is 143 Å². The van der Waals surface area contributed by atoms with Crippen molar-refractivity contribution in [2.75, 3.05) is 61.5 Å². The molecule has 5 unspecified atom stereocenters. The Bertz CT molecular complexity index is 3930. The van der Waals surface area contributed by atoms with Gasteiger partial charge in [0.25, 0.3) is 11.1 Å². The fourth-order valence-corrected chi connectivity index (χ4v) is 8.77. The molecule has 0 spiro atoms. The normalized spacial score (nSPS) is 11.9. The van der Waals surface area contributed by atoms with Crippen molar-refractivity contribution in [1.29, 1.82) is 5.41 Å². The van der Waals surface area contributed by atoms with Crippen LogP contribution in [0.3, 0.4) is 0 Å². The van der Waals surface area contributed by atoms with Gasteiger partial charge in [0, 0.05) is 76.1 Å². The molecule has 494 valence electrons.